The molecule has 0 spiro atoms. The Bertz CT molecular complexity index is 1040. The van der Waals surface area contributed by atoms with Gasteiger partial charge in [-0.25, -0.2) is 4.39 Å². The van der Waals surface area contributed by atoms with Crippen molar-refractivity contribution in [3.05, 3.63) is 89.2 Å². The standard InChI is InChI=1S/C22H16FNO3/c1-13(14-7-11-17(25)12-8-14)24-21(26)19-4-2-3-18(20(19)22(24)27)15-5-9-16(23)10-6-15/h2-13,25H,1H3. The lowest BCUT2D eigenvalue weighted by molar-refractivity contribution is 0.0595. The van der Waals surface area contributed by atoms with Crippen molar-refractivity contribution in [3.8, 4) is 16.9 Å². The molecule has 1 atom stereocenters. The van der Waals surface area contributed by atoms with Crippen molar-refractivity contribution >= 4 is 11.8 Å². The number of nitrogens with zero attached hydrogens (tertiary/aromatic N) is 1. The number of phenols is 1. The minimum absolute atomic E-state index is 0.118. The van der Waals surface area contributed by atoms with Gasteiger partial charge in [0.15, 0.2) is 0 Å². The number of benzene rings is 3. The van der Waals surface area contributed by atoms with Gasteiger partial charge in [-0.2, -0.15) is 0 Å². The fourth-order valence-electron chi connectivity index (χ4n) is 3.43. The van der Waals surface area contributed by atoms with Gasteiger partial charge < -0.3 is 5.11 Å². The lowest BCUT2D eigenvalue weighted by atomic mass is 9.96. The number of fused-ring (bicyclic) bond motifs is 1. The second-order valence-electron chi connectivity index (χ2n) is 6.48. The average molecular weight is 361 g/mol. The van der Waals surface area contributed by atoms with Gasteiger partial charge in [0.1, 0.15) is 11.6 Å². The van der Waals surface area contributed by atoms with Crippen LogP contribution in [0.4, 0.5) is 4.39 Å². The summed E-state index contributed by atoms with van der Waals surface area (Å²) in [6, 6.07) is 16.9. The molecule has 0 saturated carbocycles. The molecule has 27 heavy (non-hydrogen) atoms. The highest BCUT2D eigenvalue weighted by Crippen LogP contribution is 2.37. The van der Waals surface area contributed by atoms with Crippen molar-refractivity contribution < 1.29 is 19.1 Å². The maximum absolute atomic E-state index is 13.3. The van der Waals surface area contributed by atoms with Crippen molar-refractivity contribution in [1.82, 2.24) is 4.90 Å². The highest BCUT2D eigenvalue weighted by molar-refractivity contribution is 6.24. The van der Waals surface area contributed by atoms with Crippen molar-refractivity contribution in [3.63, 3.8) is 0 Å². The summed E-state index contributed by atoms with van der Waals surface area (Å²) in [6.45, 7) is 1.77. The Balaban J connectivity index is 1.77. The summed E-state index contributed by atoms with van der Waals surface area (Å²) in [5, 5.41) is 9.46. The van der Waals surface area contributed by atoms with E-state index in [1.54, 1.807) is 49.4 Å². The molecule has 1 heterocycles. The summed E-state index contributed by atoms with van der Waals surface area (Å²) in [4.78, 5) is 27.3. The van der Waals surface area contributed by atoms with Gasteiger partial charge in [-0.15, -0.1) is 0 Å². The topological polar surface area (TPSA) is 57.6 Å². The number of rotatable bonds is 3. The molecule has 1 aliphatic rings. The van der Waals surface area contributed by atoms with Gasteiger partial charge in [0, 0.05) is 0 Å². The third-order valence-electron chi connectivity index (χ3n) is 4.86. The number of halogens is 1. The van der Waals surface area contributed by atoms with Gasteiger partial charge in [-0.05, 0) is 53.9 Å². The minimum Gasteiger partial charge on any atom is -0.508 e. The first kappa shape index (κ1) is 17.0. The molecule has 4 rings (SSSR count). The zero-order valence-corrected chi connectivity index (χ0v) is 14.5. The van der Waals surface area contributed by atoms with Crippen LogP contribution >= 0.6 is 0 Å². The molecular formula is C22H16FNO3. The maximum atomic E-state index is 13.3. The van der Waals surface area contributed by atoms with E-state index < -0.39 is 6.04 Å². The molecule has 1 aliphatic heterocycles. The lowest BCUT2D eigenvalue weighted by Crippen LogP contribution is -2.32. The zero-order valence-electron chi connectivity index (χ0n) is 14.5. The first-order valence-corrected chi connectivity index (χ1v) is 8.53. The number of imide groups is 1. The van der Waals surface area contributed by atoms with Gasteiger partial charge in [0.2, 0.25) is 0 Å². The zero-order chi connectivity index (χ0) is 19.1. The Morgan fingerprint density at radius 3 is 2.15 bits per heavy atom. The maximum Gasteiger partial charge on any atom is 0.262 e. The summed E-state index contributed by atoms with van der Waals surface area (Å²) in [5.41, 5.74) is 2.69. The number of hydrogen-bond donors (Lipinski definition) is 1. The summed E-state index contributed by atoms with van der Waals surface area (Å²) in [6.07, 6.45) is 0. The van der Waals surface area contributed by atoms with Gasteiger partial charge in [-0.3, -0.25) is 14.5 Å². The first-order chi connectivity index (χ1) is 13.0. The summed E-state index contributed by atoms with van der Waals surface area (Å²) in [7, 11) is 0. The summed E-state index contributed by atoms with van der Waals surface area (Å²) >= 11 is 0. The van der Waals surface area contributed by atoms with Crippen LogP contribution in [0.3, 0.4) is 0 Å². The van der Waals surface area contributed by atoms with Crippen LogP contribution in [0.2, 0.25) is 0 Å². The van der Waals surface area contributed by atoms with E-state index in [9.17, 15) is 19.1 Å². The van der Waals surface area contributed by atoms with E-state index in [4.69, 9.17) is 0 Å². The van der Waals surface area contributed by atoms with E-state index in [-0.39, 0.29) is 23.4 Å². The lowest BCUT2D eigenvalue weighted by Gasteiger charge is -2.23. The van der Waals surface area contributed by atoms with Crippen LogP contribution in [0.15, 0.2) is 66.7 Å². The van der Waals surface area contributed by atoms with Gasteiger partial charge in [0.05, 0.1) is 17.2 Å². The van der Waals surface area contributed by atoms with Crippen LogP contribution in [0, 0.1) is 5.82 Å². The molecule has 0 fully saturated rings. The molecule has 134 valence electrons. The number of amides is 2. The molecule has 2 amide bonds. The molecule has 0 radical (unpaired) electrons. The van der Waals surface area contributed by atoms with Crippen molar-refractivity contribution in [2.45, 2.75) is 13.0 Å². The van der Waals surface area contributed by atoms with Crippen LogP contribution in [-0.2, 0) is 0 Å². The quantitative estimate of drug-likeness (QED) is 0.696. The number of hydrogen-bond acceptors (Lipinski definition) is 3. The normalized spacial score (nSPS) is 14.4. The van der Waals surface area contributed by atoms with E-state index in [0.29, 0.717) is 22.3 Å². The molecule has 0 aromatic heterocycles. The molecule has 1 N–H and O–H groups in total. The largest absolute Gasteiger partial charge is 0.508 e. The SMILES string of the molecule is CC(c1ccc(O)cc1)N1C(=O)c2cccc(-c3ccc(F)cc3)c2C1=O. The molecule has 3 aromatic carbocycles. The average Bonchev–Trinajstić information content (AvgIpc) is 2.93. The van der Waals surface area contributed by atoms with E-state index in [0.717, 1.165) is 5.56 Å². The van der Waals surface area contributed by atoms with Crippen molar-refractivity contribution in [2.24, 2.45) is 0 Å². The van der Waals surface area contributed by atoms with Gasteiger partial charge in [-0.1, -0.05) is 36.4 Å². The molecule has 0 aliphatic carbocycles. The molecule has 0 saturated heterocycles. The molecule has 0 bridgehead atoms. The van der Waals surface area contributed by atoms with Crippen LogP contribution in [0.1, 0.15) is 39.2 Å². The third-order valence-corrected chi connectivity index (χ3v) is 4.86. The number of aromatic hydroxyl groups is 1. The Kier molecular flexibility index (Phi) is 4.00. The molecule has 4 nitrogen and oxygen atoms in total. The Hall–Kier alpha value is -3.47. The number of carbonyl (C=O) groups excluding carboxylic acids is 2. The first-order valence-electron chi connectivity index (χ1n) is 8.53. The monoisotopic (exact) mass is 361 g/mol. The Morgan fingerprint density at radius 2 is 1.48 bits per heavy atom. The Labute approximate surface area is 155 Å². The predicted molar refractivity (Wildman–Crippen MR) is 98.9 cm³/mol. The molecular weight excluding hydrogens is 345 g/mol. The second kappa shape index (κ2) is 6.36. The van der Waals surface area contributed by atoms with Gasteiger partial charge in [0.25, 0.3) is 11.8 Å². The summed E-state index contributed by atoms with van der Waals surface area (Å²) in [5.74, 6) is -0.988. The van der Waals surface area contributed by atoms with Crippen LogP contribution < -0.4 is 0 Å². The van der Waals surface area contributed by atoms with E-state index >= 15 is 0 Å². The second-order valence-corrected chi connectivity index (χ2v) is 6.48. The van der Waals surface area contributed by atoms with Crippen LogP contribution in [0.5, 0.6) is 5.75 Å². The highest BCUT2D eigenvalue weighted by Gasteiger charge is 2.40. The van der Waals surface area contributed by atoms with Crippen molar-refractivity contribution in [2.75, 3.05) is 0 Å². The number of carbonyl (C=O) groups is 2. The van der Waals surface area contributed by atoms with Crippen molar-refractivity contribution in [1.29, 1.82) is 0 Å². The van der Waals surface area contributed by atoms with E-state index in [1.165, 1.54) is 29.2 Å². The van der Waals surface area contributed by atoms with Crippen LogP contribution in [-0.4, -0.2) is 21.8 Å². The predicted octanol–water partition coefficient (Wildman–Crippen LogP) is 4.56. The summed E-state index contributed by atoms with van der Waals surface area (Å²) < 4.78 is 13.3. The van der Waals surface area contributed by atoms with E-state index in [1.807, 2.05) is 0 Å². The van der Waals surface area contributed by atoms with Crippen LogP contribution in [0.25, 0.3) is 11.1 Å². The Morgan fingerprint density at radius 1 is 0.852 bits per heavy atom. The molecule has 1 unspecified atom stereocenters. The fourth-order valence-corrected chi connectivity index (χ4v) is 3.43. The molecule has 5 heteroatoms. The smallest absolute Gasteiger partial charge is 0.262 e. The fraction of sp³-hybridized carbons (Fsp3) is 0.0909. The molecule has 3 aromatic rings. The third kappa shape index (κ3) is 2.77. The number of phenolic OH excluding ortho intramolecular Hbond substituents is 1. The van der Waals surface area contributed by atoms with Gasteiger partial charge >= 0.3 is 0 Å². The minimum atomic E-state index is -0.487. The highest BCUT2D eigenvalue weighted by atomic mass is 19.1. The van der Waals surface area contributed by atoms with E-state index in [2.05, 4.69) is 0 Å².